The van der Waals surface area contributed by atoms with E-state index in [2.05, 4.69) is 0 Å². The third kappa shape index (κ3) is 1.03. The van der Waals surface area contributed by atoms with Crippen molar-refractivity contribution in [2.45, 2.75) is 26.3 Å². The van der Waals surface area contributed by atoms with E-state index in [1.807, 2.05) is 19.1 Å². The molecule has 1 aromatic rings. The van der Waals surface area contributed by atoms with Gasteiger partial charge in [0.2, 0.25) is 5.88 Å². The monoisotopic (exact) mass is 179 g/mol. The average molecular weight is 179 g/mol. The normalized spacial score (nSPS) is 14.5. The van der Waals surface area contributed by atoms with Gasteiger partial charge in [-0.25, -0.2) is 0 Å². The number of hydrogen-bond donors (Lipinski definition) is 2. The predicted molar refractivity (Wildman–Crippen MR) is 50.8 cm³/mol. The summed E-state index contributed by atoms with van der Waals surface area (Å²) in [5, 5.41) is 19.4. The number of fused-ring (bicyclic) bond motifs is 1. The molecule has 0 spiro atoms. The van der Waals surface area contributed by atoms with Crippen molar-refractivity contribution < 1.29 is 10.2 Å². The molecule has 0 fully saturated rings. The zero-order chi connectivity index (χ0) is 9.42. The minimum atomic E-state index is 0.186. The van der Waals surface area contributed by atoms with Crippen LogP contribution in [-0.2, 0) is 13.0 Å². The molecule has 0 saturated carbocycles. The lowest BCUT2D eigenvalue weighted by Gasteiger charge is -2.03. The van der Waals surface area contributed by atoms with E-state index in [-0.39, 0.29) is 11.8 Å². The Labute approximate surface area is 76.9 Å². The number of hydrogen-bond acceptors (Lipinski definition) is 2. The highest BCUT2D eigenvalue weighted by molar-refractivity contribution is 5.65. The molecule has 0 aromatic carbocycles. The van der Waals surface area contributed by atoms with Crippen LogP contribution in [0.3, 0.4) is 0 Å². The summed E-state index contributed by atoms with van der Waals surface area (Å²) in [6.07, 6.45) is 5.65. The van der Waals surface area contributed by atoms with Crippen LogP contribution in [0.1, 0.15) is 24.5 Å². The summed E-state index contributed by atoms with van der Waals surface area (Å²) in [4.78, 5) is 0. The first-order valence-electron chi connectivity index (χ1n) is 4.55. The van der Waals surface area contributed by atoms with E-state index in [0.717, 1.165) is 24.0 Å². The van der Waals surface area contributed by atoms with Gasteiger partial charge in [-0.15, -0.1) is 0 Å². The van der Waals surface area contributed by atoms with Crippen LogP contribution in [0.4, 0.5) is 0 Å². The smallest absolute Gasteiger partial charge is 0.201 e. The van der Waals surface area contributed by atoms with Crippen molar-refractivity contribution in [3.63, 3.8) is 0 Å². The van der Waals surface area contributed by atoms with Crippen molar-refractivity contribution >= 4 is 6.08 Å². The predicted octanol–water partition coefficient (Wildman–Crippen LogP) is 1.88. The molecule has 0 amide bonds. The SMILES string of the molecule is CCn1c(O)c2c(c1O)CCC=C2. The highest BCUT2D eigenvalue weighted by Crippen LogP contribution is 2.37. The lowest BCUT2D eigenvalue weighted by molar-refractivity contribution is 0.371. The van der Waals surface area contributed by atoms with Crippen LogP contribution < -0.4 is 0 Å². The zero-order valence-electron chi connectivity index (χ0n) is 7.62. The van der Waals surface area contributed by atoms with Gasteiger partial charge >= 0.3 is 0 Å². The van der Waals surface area contributed by atoms with Crippen LogP contribution in [0.15, 0.2) is 6.08 Å². The molecule has 0 aliphatic heterocycles. The van der Waals surface area contributed by atoms with E-state index < -0.39 is 0 Å². The minimum Gasteiger partial charge on any atom is -0.494 e. The third-order valence-corrected chi connectivity index (χ3v) is 2.51. The quantitative estimate of drug-likeness (QED) is 0.691. The molecular weight excluding hydrogens is 166 g/mol. The first kappa shape index (κ1) is 8.23. The van der Waals surface area contributed by atoms with Gasteiger partial charge in [-0.1, -0.05) is 12.2 Å². The average Bonchev–Trinajstić information content (AvgIpc) is 2.41. The van der Waals surface area contributed by atoms with Crippen LogP contribution in [0.5, 0.6) is 11.8 Å². The molecule has 3 nitrogen and oxygen atoms in total. The Bertz CT molecular complexity index is 363. The summed E-state index contributed by atoms with van der Waals surface area (Å²) >= 11 is 0. The fourth-order valence-electron chi connectivity index (χ4n) is 1.81. The van der Waals surface area contributed by atoms with E-state index in [0.29, 0.717) is 6.54 Å². The molecule has 0 atom stereocenters. The Morgan fingerprint density at radius 1 is 1.38 bits per heavy atom. The molecule has 2 rings (SSSR count). The van der Waals surface area contributed by atoms with Gasteiger partial charge in [-0.3, -0.25) is 4.57 Å². The Hall–Kier alpha value is -1.38. The van der Waals surface area contributed by atoms with Gasteiger partial charge in [-0.2, -0.15) is 0 Å². The molecule has 0 bridgehead atoms. The van der Waals surface area contributed by atoms with Gasteiger partial charge in [0.05, 0.1) is 0 Å². The van der Waals surface area contributed by atoms with Crippen molar-refractivity contribution in [3.05, 3.63) is 17.2 Å². The van der Waals surface area contributed by atoms with E-state index >= 15 is 0 Å². The van der Waals surface area contributed by atoms with E-state index in [1.165, 1.54) is 4.57 Å². The van der Waals surface area contributed by atoms with Crippen molar-refractivity contribution in [2.75, 3.05) is 0 Å². The summed E-state index contributed by atoms with van der Waals surface area (Å²) in [7, 11) is 0. The first-order valence-corrected chi connectivity index (χ1v) is 4.55. The Morgan fingerprint density at radius 2 is 2.15 bits per heavy atom. The Morgan fingerprint density at radius 3 is 2.77 bits per heavy atom. The minimum absolute atomic E-state index is 0.186. The number of aromatic nitrogens is 1. The third-order valence-electron chi connectivity index (χ3n) is 2.51. The van der Waals surface area contributed by atoms with Crippen molar-refractivity contribution in [1.82, 2.24) is 4.57 Å². The maximum atomic E-state index is 9.72. The van der Waals surface area contributed by atoms with E-state index in [4.69, 9.17) is 0 Å². The molecule has 13 heavy (non-hydrogen) atoms. The molecule has 1 aliphatic rings. The molecule has 1 aromatic heterocycles. The molecule has 1 aliphatic carbocycles. The molecule has 0 saturated heterocycles. The van der Waals surface area contributed by atoms with Crippen LogP contribution >= 0.6 is 0 Å². The summed E-state index contributed by atoms with van der Waals surface area (Å²) in [5.41, 5.74) is 1.66. The van der Waals surface area contributed by atoms with E-state index in [9.17, 15) is 10.2 Å². The first-order chi connectivity index (χ1) is 6.25. The standard InChI is InChI=1S/C10H13NO2/c1-2-11-9(12)7-5-3-4-6-8(7)10(11)13/h3,5,12-13H,2,4,6H2,1H3. The van der Waals surface area contributed by atoms with Gasteiger partial charge in [-0.05, 0) is 19.8 Å². The summed E-state index contributed by atoms with van der Waals surface area (Å²) in [6, 6.07) is 0. The van der Waals surface area contributed by atoms with Gasteiger partial charge in [0.1, 0.15) is 0 Å². The van der Waals surface area contributed by atoms with Crippen LogP contribution in [0.25, 0.3) is 6.08 Å². The molecule has 1 heterocycles. The van der Waals surface area contributed by atoms with Crippen molar-refractivity contribution in [2.24, 2.45) is 0 Å². The van der Waals surface area contributed by atoms with Gasteiger partial charge < -0.3 is 10.2 Å². The Kier molecular flexibility index (Phi) is 1.79. The number of aromatic hydroxyl groups is 2. The van der Waals surface area contributed by atoms with Crippen molar-refractivity contribution in [3.8, 4) is 11.8 Å². The molecule has 70 valence electrons. The molecule has 0 unspecified atom stereocenters. The van der Waals surface area contributed by atoms with Crippen LogP contribution in [0.2, 0.25) is 0 Å². The number of rotatable bonds is 1. The van der Waals surface area contributed by atoms with Crippen LogP contribution in [0, 0.1) is 0 Å². The Balaban J connectivity index is 2.64. The largest absolute Gasteiger partial charge is 0.494 e. The second-order valence-corrected chi connectivity index (χ2v) is 3.22. The maximum Gasteiger partial charge on any atom is 0.201 e. The fourth-order valence-corrected chi connectivity index (χ4v) is 1.81. The maximum absolute atomic E-state index is 9.72. The van der Waals surface area contributed by atoms with E-state index in [1.54, 1.807) is 0 Å². The number of allylic oxidation sites excluding steroid dienone is 1. The van der Waals surface area contributed by atoms with Gasteiger partial charge in [0.25, 0.3) is 0 Å². The number of nitrogens with zero attached hydrogens (tertiary/aromatic N) is 1. The molecular formula is C10H13NO2. The lowest BCUT2D eigenvalue weighted by Crippen LogP contribution is -1.92. The lowest BCUT2D eigenvalue weighted by atomic mass is 10.0. The highest BCUT2D eigenvalue weighted by atomic mass is 16.3. The molecule has 3 heteroatoms. The van der Waals surface area contributed by atoms with Gasteiger partial charge in [0.15, 0.2) is 5.88 Å². The second-order valence-electron chi connectivity index (χ2n) is 3.22. The van der Waals surface area contributed by atoms with Crippen molar-refractivity contribution in [1.29, 1.82) is 0 Å². The summed E-state index contributed by atoms with van der Waals surface area (Å²) < 4.78 is 1.53. The zero-order valence-corrected chi connectivity index (χ0v) is 7.62. The molecule has 0 radical (unpaired) electrons. The fraction of sp³-hybridized carbons (Fsp3) is 0.400. The van der Waals surface area contributed by atoms with Gasteiger partial charge in [0, 0.05) is 17.7 Å². The van der Waals surface area contributed by atoms with Crippen LogP contribution in [-0.4, -0.2) is 14.8 Å². The highest BCUT2D eigenvalue weighted by Gasteiger charge is 2.20. The topological polar surface area (TPSA) is 45.4 Å². The summed E-state index contributed by atoms with van der Waals surface area (Å²) in [5.74, 6) is 0.408. The molecule has 2 N–H and O–H groups in total. The summed E-state index contributed by atoms with van der Waals surface area (Å²) in [6.45, 7) is 2.49. The second kappa shape index (κ2) is 2.83.